The summed E-state index contributed by atoms with van der Waals surface area (Å²) in [5.74, 6) is 1.43. The van der Waals surface area contributed by atoms with Crippen molar-refractivity contribution in [2.45, 2.75) is 4.34 Å². The molecule has 0 fully saturated rings. The van der Waals surface area contributed by atoms with Crippen molar-refractivity contribution in [2.75, 3.05) is 17.7 Å². The van der Waals surface area contributed by atoms with Gasteiger partial charge in [-0.15, -0.1) is 10.2 Å². The van der Waals surface area contributed by atoms with Gasteiger partial charge in [-0.3, -0.25) is 10.1 Å². The fourth-order valence-corrected chi connectivity index (χ4v) is 3.52. The lowest BCUT2D eigenvalue weighted by atomic mass is 10.2. The Balaban J connectivity index is 1.45. The Bertz CT molecular complexity index is 779. The van der Waals surface area contributed by atoms with E-state index in [1.54, 1.807) is 23.9 Å². The van der Waals surface area contributed by atoms with Crippen molar-refractivity contribution in [1.29, 1.82) is 0 Å². The second-order valence-corrected chi connectivity index (χ2v) is 7.02. The Morgan fingerprint density at radius 1 is 1.04 bits per heavy atom. The van der Waals surface area contributed by atoms with Gasteiger partial charge in [0.25, 0.3) is 5.91 Å². The van der Waals surface area contributed by atoms with Crippen LogP contribution >= 0.6 is 23.1 Å². The van der Waals surface area contributed by atoms with Crippen molar-refractivity contribution in [1.82, 2.24) is 10.2 Å². The smallest absolute Gasteiger partial charge is 0.257 e. The molecule has 3 aromatic rings. The molecule has 24 heavy (non-hydrogen) atoms. The summed E-state index contributed by atoms with van der Waals surface area (Å²) < 4.78 is 6.42. The molecule has 0 saturated heterocycles. The summed E-state index contributed by atoms with van der Waals surface area (Å²) in [5.41, 5.74) is 0.596. The number of anilines is 1. The maximum Gasteiger partial charge on any atom is 0.257 e. The highest BCUT2D eigenvalue weighted by atomic mass is 32.2. The molecule has 5 nitrogen and oxygen atoms in total. The van der Waals surface area contributed by atoms with Crippen LogP contribution in [0.25, 0.3) is 0 Å². The lowest BCUT2D eigenvalue weighted by Crippen LogP contribution is -2.11. The van der Waals surface area contributed by atoms with Crippen molar-refractivity contribution < 1.29 is 9.53 Å². The van der Waals surface area contributed by atoms with E-state index in [0.717, 1.165) is 15.8 Å². The Morgan fingerprint density at radius 3 is 2.50 bits per heavy atom. The molecule has 0 atom stereocenters. The van der Waals surface area contributed by atoms with Gasteiger partial charge in [0, 0.05) is 11.3 Å². The minimum atomic E-state index is -0.185. The first-order chi connectivity index (χ1) is 11.8. The van der Waals surface area contributed by atoms with Crippen LogP contribution in [0.3, 0.4) is 0 Å². The molecule has 7 heteroatoms. The lowest BCUT2D eigenvalue weighted by Gasteiger charge is -2.03. The zero-order valence-electron chi connectivity index (χ0n) is 12.7. The molecule has 0 unspecified atom stereocenters. The molecule has 122 valence electrons. The van der Waals surface area contributed by atoms with Gasteiger partial charge in [0.2, 0.25) is 5.13 Å². The van der Waals surface area contributed by atoms with Gasteiger partial charge in [-0.05, 0) is 24.3 Å². The van der Waals surface area contributed by atoms with Gasteiger partial charge in [0.05, 0.1) is 6.61 Å². The molecule has 2 aromatic carbocycles. The van der Waals surface area contributed by atoms with Crippen LogP contribution in [-0.4, -0.2) is 28.5 Å². The van der Waals surface area contributed by atoms with Crippen LogP contribution in [0.2, 0.25) is 0 Å². The van der Waals surface area contributed by atoms with E-state index in [2.05, 4.69) is 15.5 Å². The molecular weight excluding hydrogens is 342 g/mol. The number of rotatable bonds is 7. The van der Waals surface area contributed by atoms with Gasteiger partial charge >= 0.3 is 0 Å². The maximum absolute atomic E-state index is 12.0. The second-order valence-electron chi connectivity index (χ2n) is 4.70. The van der Waals surface area contributed by atoms with Crippen molar-refractivity contribution >= 4 is 34.1 Å². The average molecular weight is 357 g/mol. The summed E-state index contributed by atoms with van der Waals surface area (Å²) in [7, 11) is 0. The van der Waals surface area contributed by atoms with Crippen LogP contribution < -0.4 is 10.1 Å². The van der Waals surface area contributed by atoms with Crippen LogP contribution in [0.5, 0.6) is 5.75 Å². The van der Waals surface area contributed by atoms with E-state index in [1.165, 1.54) is 11.3 Å². The minimum Gasteiger partial charge on any atom is -0.493 e. The molecule has 1 heterocycles. The largest absolute Gasteiger partial charge is 0.493 e. The van der Waals surface area contributed by atoms with E-state index in [-0.39, 0.29) is 5.91 Å². The Kier molecular flexibility index (Phi) is 5.81. The number of aromatic nitrogens is 2. The van der Waals surface area contributed by atoms with E-state index in [1.807, 2.05) is 48.5 Å². The second kappa shape index (κ2) is 8.47. The predicted molar refractivity (Wildman–Crippen MR) is 97.0 cm³/mol. The Labute approximate surface area is 148 Å². The van der Waals surface area contributed by atoms with E-state index in [0.29, 0.717) is 17.3 Å². The zero-order valence-corrected chi connectivity index (χ0v) is 14.3. The van der Waals surface area contributed by atoms with Gasteiger partial charge in [0.15, 0.2) is 4.34 Å². The molecule has 0 radical (unpaired) electrons. The molecule has 1 amide bonds. The average Bonchev–Trinajstić information content (AvgIpc) is 3.08. The standard InChI is InChI=1S/C17H15N3O2S2/c21-15(13-7-3-1-4-8-13)18-16-19-20-17(24-16)23-12-11-22-14-9-5-2-6-10-14/h1-10H,11-12H2,(H,18,19,21). The third-order valence-electron chi connectivity index (χ3n) is 2.98. The van der Waals surface area contributed by atoms with Crippen LogP contribution in [0.4, 0.5) is 5.13 Å². The number of ether oxygens (including phenoxy) is 1. The van der Waals surface area contributed by atoms with Gasteiger partial charge in [-0.25, -0.2) is 0 Å². The fourth-order valence-electron chi connectivity index (χ4n) is 1.88. The van der Waals surface area contributed by atoms with Gasteiger partial charge in [-0.2, -0.15) is 0 Å². The molecule has 1 aromatic heterocycles. The van der Waals surface area contributed by atoms with Gasteiger partial charge < -0.3 is 4.74 Å². The number of nitrogens with one attached hydrogen (secondary N) is 1. The molecule has 0 aliphatic rings. The first kappa shape index (κ1) is 16.5. The molecule has 0 aliphatic heterocycles. The molecule has 0 saturated carbocycles. The molecule has 1 N–H and O–H groups in total. The highest BCUT2D eigenvalue weighted by Gasteiger charge is 2.10. The summed E-state index contributed by atoms with van der Waals surface area (Å²) in [6, 6.07) is 18.7. The number of para-hydroxylation sites is 1. The number of nitrogens with zero attached hydrogens (tertiary/aromatic N) is 2. The predicted octanol–water partition coefficient (Wildman–Crippen LogP) is 3.96. The Morgan fingerprint density at radius 2 is 1.75 bits per heavy atom. The van der Waals surface area contributed by atoms with Crippen molar-refractivity contribution in [3.8, 4) is 5.75 Å². The highest BCUT2D eigenvalue weighted by molar-refractivity contribution is 8.01. The molecular formula is C17H15N3O2S2. The first-order valence-electron chi connectivity index (χ1n) is 7.32. The number of amides is 1. The highest BCUT2D eigenvalue weighted by Crippen LogP contribution is 2.25. The normalized spacial score (nSPS) is 10.3. The van der Waals surface area contributed by atoms with Crippen LogP contribution in [0.1, 0.15) is 10.4 Å². The van der Waals surface area contributed by atoms with E-state index in [9.17, 15) is 4.79 Å². The number of hydrogen-bond acceptors (Lipinski definition) is 6. The van der Waals surface area contributed by atoms with E-state index < -0.39 is 0 Å². The first-order valence-corrected chi connectivity index (χ1v) is 9.12. The summed E-state index contributed by atoms with van der Waals surface area (Å²) in [5, 5.41) is 11.3. The van der Waals surface area contributed by atoms with Gasteiger partial charge in [0.1, 0.15) is 5.75 Å². The summed E-state index contributed by atoms with van der Waals surface area (Å²) in [6.07, 6.45) is 0. The minimum absolute atomic E-state index is 0.185. The van der Waals surface area contributed by atoms with Crippen LogP contribution in [-0.2, 0) is 0 Å². The fraction of sp³-hybridized carbons (Fsp3) is 0.118. The van der Waals surface area contributed by atoms with Crippen LogP contribution in [0, 0.1) is 0 Å². The number of thioether (sulfide) groups is 1. The van der Waals surface area contributed by atoms with E-state index >= 15 is 0 Å². The number of carbonyl (C=O) groups is 1. The number of carbonyl (C=O) groups excluding carboxylic acids is 1. The van der Waals surface area contributed by atoms with E-state index in [4.69, 9.17) is 4.74 Å². The SMILES string of the molecule is O=C(Nc1nnc(SCCOc2ccccc2)s1)c1ccccc1. The monoisotopic (exact) mass is 357 g/mol. The third kappa shape index (κ3) is 4.81. The topological polar surface area (TPSA) is 64.1 Å². The third-order valence-corrected chi connectivity index (χ3v) is 4.92. The van der Waals surface area contributed by atoms with Crippen molar-refractivity contribution in [3.05, 3.63) is 66.2 Å². The summed E-state index contributed by atoms with van der Waals surface area (Å²) >= 11 is 2.91. The number of hydrogen-bond donors (Lipinski definition) is 1. The molecule has 0 bridgehead atoms. The lowest BCUT2D eigenvalue weighted by molar-refractivity contribution is 0.102. The molecule has 0 aliphatic carbocycles. The maximum atomic E-state index is 12.0. The van der Waals surface area contributed by atoms with Gasteiger partial charge in [-0.1, -0.05) is 59.5 Å². The quantitative estimate of drug-likeness (QED) is 0.394. The van der Waals surface area contributed by atoms with Crippen molar-refractivity contribution in [2.24, 2.45) is 0 Å². The Hall–Kier alpha value is -2.38. The number of benzene rings is 2. The summed E-state index contributed by atoms with van der Waals surface area (Å²) in [6.45, 7) is 0.583. The van der Waals surface area contributed by atoms with Crippen LogP contribution in [0.15, 0.2) is 65.0 Å². The molecule has 3 rings (SSSR count). The molecule has 0 spiro atoms. The van der Waals surface area contributed by atoms with Crippen molar-refractivity contribution in [3.63, 3.8) is 0 Å². The summed E-state index contributed by atoms with van der Waals surface area (Å²) in [4.78, 5) is 12.0. The zero-order chi connectivity index (χ0) is 16.6.